The van der Waals surface area contributed by atoms with Crippen molar-refractivity contribution in [1.82, 2.24) is 30.3 Å². The second-order valence-corrected chi connectivity index (χ2v) is 5.72. The molecule has 7 heteroatoms. The van der Waals surface area contributed by atoms with Crippen LogP contribution in [-0.2, 0) is 13.6 Å². The zero-order chi connectivity index (χ0) is 15.1. The standard InChI is InChI=1S/C14H27N7/c1-12(10-21-6-4-5-7-21)8-16-14(15-2)17-9-13-18-11-19-20(13)3/h11-12H,4-10H2,1-3H3,(H2,15,16,17). The molecule has 2 rings (SSSR count). The van der Waals surface area contributed by atoms with Gasteiger partial charge in [0.2, 0.25) is 0 Å². The van der Waals surface area contributed by atoms with Gasteiger partial charge >= 0.3 is 0 Å². The number of aromatic nitrogens is 3. The summed E-state index contributed by atoms with van der Waals surface area (Å²) in [6, 6.07) is 0. The van der Waals surface area contributed by atoms with Gasteiger partial charge in [0.05, 0.1) is 6.54 Å². The number of rotatable bonds is 6. The van der Waals surface area contributed by atoms with E-state index in [0.717, 1.165) is 24.9 Å². The van der Waals surface area contributed by atoms with Gasteiger partial charge in [-0.15, -0.1) is 0 Å². The van der Waals surface area contributed by atoms with Crippen LogP contribution in [0.1, 0.15) is 25.6 Å². The molecule has 1 aromatic heterocycles. The van der Waals surface area contributed by atoms with Gasteiger partial charge in [0.15, 0.2) is 5.96 Å². The minimum atomic E-state index is 0.608. The molecule has 0 aromatic carbocycles. The first kappa shape index (κ1) is 15.8. The van der Waals surface area contributed by atoms with E-state index in [4.69, 9.17) is 0 Å². The van der Waals surface area contributed by atoms with E-state index >= 15 is 0 Å². The lowest BCUT2D eigenvalue weighted by molar-refractivity contribution is 0.287. The Morgan fingerprint density at radius 1 is 1.38 bits per heavy atom. The van der Waals surface area contributed by atoms with E-state index in [-0.39, 0.29) is 0 Å². The highest BCUT2D eigenvalue weighted by atomic mass is 15.3. The second kappa shape index (κ2) is 7.97. The van der Waals surface area contributed by atoms with E-state index in [2.05, 4.69) is 37.5 Å². The summed E-state index contributed by atoms with van der Waals surface area (Å²) in [6.45, 7) is 7.49. The molecular formula is C14H27N7. The van der Waals surface area contributed by atoms with Crippen molar-refractivity contribution in [2.75, 3.05) is 33.2 Å². The average molecular weight is 293 g/mol. The van der Waals surface area contributed by atoms with Gasteiger partial charge in [0, 0.05) is 27.2 Å². The first-order valence-electron chi connectivity index (χ1n) is 7.68. The number of aliphatic imine (C=N–C) groups is 1. The summed E-state index contributed by atoms with van der Waals surface area (Å²) in [7, 11) is 3.68. The van der Waals surface area contributed by atoms with E-state index in [1.807, 2.05) is 7.05 Å². The second-order valence-electron chi connectivity index (χ2n) is 5.72. The van der Waals surface area contributed by atoms with E-state index in [1.165, 1.54) is 25.9 Å². The zero-order valence-electron chi connectivity index (χ0n) is 13.3. The van der Waals surface area contributed by atoms with Crippen LogP contribution in [0.25, 0.3) is 0 Å². The molecule has 0 aliphatic carbocycles. The highest BCUT2D eigenvalue weighted by Crippen LogP contribution is 2.09. The molecule has 1 saturated heterocycles. The van der Waals surface area contributed by atoms with Crippen LogP contribution in [0.3, 0.4) is 0 Å². The Bertz CT molecular complexity index is 448. The summed E-state index contributed by atoms with van der Waals surface area (Å²) in [6.07, 6.45) is 4.26. The highest BCUT2D eigenvalue weighted by Gasteiger charge is 2.14. The summed E-state index contributed by atoms with van der Waals surface area (Å²) in [5.74, 6) is 2.31. The monoisotopic (exact) mass is 293 g/mol. The first-order valence-corrected chi connectivity index (χ1v) is 7.68. The zero-order valence-corrected chi connectivity index (χ0v) is 13.3. The molecule has 0 radical (unpaired) electrons. The lowest BCUT2D eigenvalue weighted by atomic mass is 10.1. The molecule has 2 heterocycles. The Hall–Kier alpha value is -1.63. The molecule has 0 bridgehead atoms. The predicted molar refractivity (Wildman–Crippen MR) is 84.0 cm³/mol. The Kier molecular flexibility index (Phi) is 5.98. The molecule has 0 spiro atoms. The third kappa shape index (κ3) is 5.00. The van der Waals surface area contributed by atoms with Gasteiger partial charge in [-0.2, -0.15) is 5.10 Å². The summed E-state index contributed by atoms with van der Waals surface area (Å²) in [4.78, 5) is 11.0. The highest BCUT2D eigenvalue weighted by molar-refractivity contribution is 5.79. The predicted octanol–water partition coefficient (Wildman–Crippen LogP) is 0.212. The van der Waals surface area contributed by atoms with Crippen LogP contribution >= 0.6 is 0 Å². The molecule has 2 N–H and O–H groups in total. The van der Waals surface area contributed by atoms with Crippen LogP contribution in [0.4, 0.5) is 0 Å². The Morgan fingerprint density at radius 3 is 2.76 bits per heavy atom. The van der Waals surface area contributed by atoms with Crippen molar-refractivity contribution in [3.63, 3.8) is 0 Å². The van der Waals surface area contributed by atoms with E-state index in [1.54, 1.807) is 18.1 Å². The van der Waals surface area contributed by atoms with Gasteiger partial charge < -0.3 is 15.5 Å². The van der Waals surface area contributed by atoms with Crippen molar-refractivity contribution >= 4 is 5.96 Å². The quantitative estimate of drug-likeness (QED) is 0.580. The molecule has 1 unspecified atom stereocenters. The maximum atomic E-state index is 4.24. The third-order valence-corrected chi connectivity index (χ3v) is 3.83. The molecule has 0 amide bonds. The summed E-state index contributed by atoms with van der Waals surface area (Å²) < 4.78 is 1.76. The van der Waals surface area contributed by atoms with Crippen LogP contribution < -0.4 is 10.6 Å². The Labute approximate surface area is 126 Å². The van der Waals surface area contributed by atoms with Gasteiger partial charge in [0.25, 0.3) is 0 Å². The number of guanidine groups is 1. The fourth-order valence-electron chi connectivity index (χ4n) is 2.60. The fraction of sp³-hybridized carbons (Fsp3) is 0.786. The summed E-state index contributed by atoms with van der Waals surface area (Å²) in [5.41, 5.74) is 0. The van der Waals surface area contributed by atoms with Crippen LogP contribution in [0.15, 0.2) is 11.3 Å². The number of hydrogen-bond donors (Lipinski definition) is 2. The maximum absolute atomic E-state index is 4.24. The Balaban J connectivity index is 1.68. The van der Waals surface area contributed by atoms with E-state index in [0.29, 0.717) is 12.5 Å². The number of hydrogen-bond acceptors (Lipinski definition) is 4. The molecular weight excluding hydrogens is 266 g/mol. The molecule has 118 valence electrons. The normalized spacial score (nSPS) is 18.0. The minimum absolute atomic E-state index is 0.608. The van der Waals surface area contributed by atoms with Gasteiger partial charge in [0.1, 0.15) is 12.2 Å². The topological polar surface area (TPSA) is 70.4 Å². The first-order chi connectivity index (χ1) is 10.2. The molecule has 0 saturated carbocycles. The van der Waals surface area contributed by atoms with E-state index in [9.17, 15) is 0 Å². The van der Waals surface area contributed by atoms with Gasteiger partial charge in [-0.25, -0.2) is 4.98 Å². The number of likely N-dealkylation sites (tertiary alicyclic amines) is 1. The molecule has 1 atom stereocenters. The molecule has 1 aromatic rings. The molecule has 21 heavy (non-hydrogen) atoms. The van der Waals surface area contributed by atoms with Crippen molar-refractivity contribution in [2.45, 2.75) is 26.3 Å². The van der Waals surface area contributed by atoms with Crippen molar-refractivity contribution in [2.24, 2.45) is 18.0 Å². The van der Waals surface area contributed by atoms with Crippen molar-refractivity contribution in [3.8, 4) is 0 Å². The fourth-order valence-corrected chi connectivity index (χ4v) is 2.60. The van der Waals surface area contributed by atoms with Crippen LogP contribution in [-0.4, -0.2) is 58.9 Å². The summed E-state index contributed by atoms with van der Waals surface area (Å²) in [5, 5.41) is 10.7. The van der Waals surface area contributed by atoms with E-state index < -0.39 is 0 Å². The largest absolute Gasteiger partial charge is 0.356 e. The lowest BCUT2D eigenvalue weighted by Gasteiger charge is -2.21. The molecule has 1 aliphatic rings. The average Bonchev–Trinajstić information content (AvgIpc) is 3.11. The van der Waals surface area contributed by atoms with Crippen LogP contribution in [0.2, 0.25) is 0 Å². The lowest BCUT2D eigenvalue weighted by Crippen LogP contribution is -2.41. The maximum Gasteiger partial charge on any atom is 0.191 e. The number of aryl methyl sites for hydroxylation is 1. The Morgan fingerprint density at radius 2 is 2.14 bits per heavy atom. The molecule has 1 aliphatic heterocycles. The minimum Gasteiger partial charge on any atom is -0.356 e. The SMILES string of the molecule is CN=C(NCc1ncnn1C)NCC(C)CN1CCCC1. The van der Waals surface area contributed by atoms with Crippen molar-refractivity contribution < 1.29 is 0 Å². The molecule has 1 fully saturated rings. The number of nitrogens with zero attached hydrogens (tertiary/aromatic N) is 5. The van der Waals surface area contributed by atoms with Crippen molar-refractivity contribution in [1.29, 1.82) is 0 Å². The third-order valence-electron chi connectivity index (χ3n) is 3.83. The summed E-state index contributed by atoms with van der Waals surface area (Å²) >= 11 is 0. The van der Waals surface area contributed by atoms with Gasteiger partial charge in [-0.1, -0.05) is 6.92 Å². The van der Waals surface area contributed by atoms with Gasteiger partial charge in [-0.3, -0.25) is 9.67 Å². The number of nitrogens with one attached hydrogen (secondary N) is 2. The smallest absolute Gasteiger partial charge is 0.191 e. The van der Waals surface area contributed by atoms with Gasteiger partial charge in [-0.05, 0) is 31.8 Å². The van der Waals surface area contributed by atoms with Crippen molar-refractivity contribution in [3.05, 3.63) is 12.2 Å². The van der Waals surface area contributed by atoms with Crippen LogP contribution in [0.5, 0.6) is 0 Å². The van der Waals surface area contributed by atoms with Crippen LogP contribution in [0, 0.1) is 5.92 Å². The molecule has 7 nitrogen and oxygen atoms in total.